The highest BCUT2D eigenvalue weighted by atomic mass is 16.5. The van der Waals surface area contributed by atoms with Gasteiger partial charge >= 0.3 is 12.0 Å². The second kappa shape index (κ2) is 4.91. The summed E-state index contributed by atoms with van der Waals surface area (Å²) in [6.45, 7) is 6.15. The van der Waals surface area contributed by atoms with Gasteiger partial charge in [-0.1, -0.05) is 6.92 Å². The molecule has 1 saturated heterocycles. The first-order valence-electron chi connectivity index (χ1n) is 5.73. The lowest BCUT2D eigenvalue weighted by Crippen LogP contribution is -2.59. The molecule has 6 heteroatoms. The summed E-state index contributed by atoms with van der Waals surface area (Å²) in [7, 11) is 0. The molecule has 0 saturated carbocycles. The topological polar surface area (TPSA) is 87.7 Å². The van der Waals surface area contributed by atoms with Crippen LogP contribution < -0.4 is 10.6 Å². The van der Waals surface area contributed by atoms with Gasteiger partial charge in [0.05, 0.1) is 12.1 Å². The van der Waals surface area contributed by atoms with E-state index in [2.05, 4.69) is 10.6 Å². The van der Waals surface area contributed by atoms with Crippen LogP contribution in [0.25, 0.3) is 0 Å². The number of carboxylic acids is 1. The zero-order valence-electron chi connectivity index (χ0n) is 10.5. The van der Waals surface area contributed by atoms with Crippen LogP contribution in [-0.2, 0) is 9.53 Å². The van der Waals surface area contributed by atoms with Crippen molar-refractivity contribution in [3.05, 3.63) is 0 Å². The van der Waals surface area contributed by atoms with Crippen molar-refractivity contribution in [1.29, 1.82) is 0 Å². The van der Waals surface area contributed by atoms with Crippen LogP contribution in [-0.4, -0.2) is 41.4 Å². The fourth-order valence-electron chi connectivity index (χ4n) is 1.61. The summed E-state index contributed by atoms with van der Waals surface area (Å²) in [4.78, 5) is 22.8. The van der Waals surface area contributed by atoms with Gasteiger partial charge in [-0.3, -0.25) is 0 Å². The summed E-state index contributed by atoms with van der Waals surface area (Å²) in [6.07, 6.45) is 1.05. The third-order valence-corrected chi connectivity index (χ3v) is 3.20. The minimum atomic E-state index is -1.24. The number of carboxylic acid groups (broad SMARTS) is 1. The highest BCUT2D eigenvalue weighted by Gasteiger charge is 2.36. The van der Waals surface area contributed by atoms with E-state index in [9.17, 15) is 9.59 Å². The van der Waals surface area contributed by atoms with Crippen LogP contribution in [0, 0.1) is 0 Å². The molecule has 2 unspecified atom stereocenters. The van der Waals surface area contributed by atoms with E-state index in [4.69, 9.17) is 9.84 Å². The van der Waals surface area contributed by atoms with Crippen LogP contribution in [0.4, 0.5) is 4.79 Å². The lowest BCUT2D eigenvalue weighted by atomic mass is 9.99. The first kappa shape index (κ1) is 13.8. The van der Waals surface area contributed by atoms with E-state index in [0.717, 1.165) is 6.42 Å². The summed E-state index contributed by atoms with van der Waals surface area (Å²) in [5.41, 5.74) is -1.64. The van der Waals surface area contributed by atoms with Crippen LogP contribution in [0.5, 0.6) is 0 Å². The summed E-state index contributed by atoms with van der Waals surface area (Å²) in [6, 6.07) is -0.468. The highest BCUT2D eigenvalue weighted by molar-refractivity contribution is 5.86. The van der Waals surface area contributed by atoms with E-state index in [1.54, 1.807) is 6.92 Å². The molecule has 98 valence electrons. The van der Waals surface area contributed by atoms with E-state index < -0.39 is 23.1 Å². The lowest BCUT2D eigenvalue weighted by Gasteiger charge is -2.29. The average molecular weight is 244 g/mol. The molecule has 1 heterocycles. The van der Waals surface area contributed by atoms with E-state index in [1.807, 2.05) is 6.92 Å². The van der Waals surface area contributed by atoms with Gasteiger partial charge in [-0.2, -0.15) is 0 Å². The third kappa shape index (κ3) is 3.33. The molecule has 0 aromatic carbocycles. The maximum Gasteiger partial charge on any atom is 0.329 e. The zero-order chi connectivity index (χ0) is 13.1. The molecule has 6 nitrogen and oxygen atoms in total. The molecule has 0 spiro atoms. The van der Waals surface area contributed by atoms with Crippen LogP contribution in [0.3, 0.4) is 0 Å². The van der Waals surface area contributed by atoms with E-state index >= 15 is 0 Å². The molecule has 0 radical (unpaired) electrons. The molecule has 0 bridgehead atoms. The Morgan fingerprint density at radius 3 is 2.59 bits per heavy atom. The van der Waals surface area contributed by atoms with Gasteiger partial charge in [0.1, 0.15) is 5.54 Å². The first-order valence-corrected chi connectivity index (χ1v) is 5.73. The van der Waals surface area contributed by atoms with E-state index in [0.29, 0.717) is 19.6 Å². The van der Waals surface area contributed by atoms with Crippen molar-refractivity contribution in [2.75, 3.05) is 13.2 Å². The summed E-state index contributed by atoms with van der Waals surface area (Å²) < 4.78 is 5.21. The zero-order valence-corrected chi connectivity index (χ0v) is 10.5. The SMILES string of the molecule is CCC(C)(NC(=O)NC1(C)CCOC1)C(=O)O. The average Bonchev–Trinajstić information content (AvgIpc) is 2.63. The Bertz CT molecular complexity index is 313. The molecule has 1 aliphatic heterocycles. The van der Waals surface area contributed by atoms with Crippen molar-refractivity contribution >= 4 is 12.0 Å². The molecular formula is C11H20N2O4. The smallest absolute Gasteiger partial charge is 0.329 e. The number of carbonyl (C=O) groups excluding carboxylic acids is 1. The molecule has 2 atom stereocenters. The lowest BCUT2D eigenvalue weighted by molar-refractivity contribution is -0.143. The van der Waals surface area contributed by atoms with Crippen molar-refractivity contribution in [3.63, 3.8) is 0 Å². The molecule has 1 rings (SSSR count). The Labute approximate surface area is 101 Å². The maximum absolute atomic E-state index is 11.7. The number of rotatable bonds is 4. The first-order chi connectivity index (χ1) is 7.81. The van der Waals surface area contributed by atoms with Crippen molar-refractivity contribution in [2.45, 2.75) is 44.7 Å². The molecular weight excluding hydrogens is 224 g/mol. The normalized spacial score (nSPS) is 27.2. The van der Waals surface area contributed by atoms with E-state index in [-0.39, 0.29) is 0 Å². The van der Waals surface area contributed by atoms with Gasteiger partial charge in [-0.15, -0.1) is 0 Å². The van der Waals surface area contributed by atoms with Gasteiger partial charge in [0.25, 0.3) is 0 Å². The van der Waals surface area contributed by atoms with Gasteiger partial charge < -0.3 is 20.5 Å². The minimum Gasteiger partial charge on any atom is -0.480 e. The van der Waals surface area contributed by atoms with E-state index in [1.165, 1.54) is 6.92 Å². The largest absolute Gasteiger partial charge is 0.480 e. The Morgan fingerprint density at radius 1 is 1.53 bits per heavy atom. The van der Waals surface area contributed by atoms with Crippen molar-refractivity contribution in [1.82, 2.24) is 10.6 Å². The van der Waals surface area contributed by atoms with Crippen LogP contribution in [0.15, 0.2) is 0 Å². The Morgan fingerprint density at radius 2 is 2.18 bits per heavy atom. The molecule has 0 aromatic rings. The Balaban J connectivity index is 2.57. The number of ether oxygens (including phenoxy) is 1. The Hall–Kier alpha value is -1.30. The highest BCUT2D eigenvalue weighted by Crippen LogP contribution is 2.17. The van der Waals surface area contributed by atoms with Gasteiger partial charge in [0.2, 0.25) is 0 Å². The number of amides is 2. The standard InChI is InChI=1S/C11H20N2O4/c1-4-11(3,8(14)15)13-9(16)12-10(2)5-6-17-7-10/h4-7H2,1-3H3,(H,14,15)(H2,12,13,16). The number of aliphatic carboxylic acids is 1. The number of carbonyl (C=O) groups is 2. The summed E-state index contributed by atoms with van der Waals surface area (Å²) >= 11 is 0. The van der Waals surface area contributed by atoms with Gasteiger partial charge in [-0.05, 0) is 26.7 Å². The fraction of sp³-hybridized carbons (Fsp3) is 0.818. The number of nitrogens with one attached hydrogen (secondary N) is 2. The molecule has 1 aliphatic rings. The second-order valence-electron chi connectivity index (χ2n) is 4.93. The maximum atomic E-state index is 11.7. The van der Waals surface area contributed by atoms with Crippen molar-refractivity contribution in [2.24, 2.45) is 0 Å². The quantitative estimate of drug-likeness (QED) is 0.680. The fourth-order valence-corrected chi connectivity index (χ4v) is 1.61. The van der Waals surface area contributed by atoms with Crippen LogP contribution in [0.1, 0.15) is 33.6 Å². The second-order valence-corrected chi connectivity index (χ2v) is 4.93. The summed E-state index contributed by atoms with van der Waals surface area (Å²) in [5, 5.41) is 14.3. The monoisotopic (exact) mass is 244 g/mol. The van der Waals surface area contributed by atoms with Crippen molar-refractivity contribution in [3.8, 4) is 0 Å². The molecule has 2 amide bonds. The number of hydrogen-bond acceptors (Lipinski definition) is 3. The van der Waals surface area contributed by atoms with Crippen LogP contribution >= 0.6 is 0 Å². The summed E-state index contributed by atoms with van der Waals surface area (Å²) in [5.74, 6) is -1.04. The van der Waals surface area contributed by atoms with Crippen LogP contribution in [0.2, 0.25) is 0 Å². The molecule has 1 fully saturated rings. The van der Waals surface area contributed by atoms with Gasteiger partial charge in [0.15, 0.2) is 0 Å². The third-order valence-electron chi connectivity index (χ3n) is 3.20. The number of urea groups is 1. The number of hydrogen-bond donors (Lipinski definition) is 3. The molecule has 17 heavy (non-hydrogen) atoms. The van der Waals surface area contributed by atoms with Gasteiger partial charge in [0, 0.05) is 6.61 Å². The molecule has 3 N–H and O–H groups in total. The Kier molecular flexibility index (Phi) is 3.98. The van der Waals surface area contributed by atoms with Crippen molar-refractivity contribution < 1.29 is 19.4 Å². The predicted molar refractivity (Wildman–Crippen MR) is 61.8 cm³/mol. The van der Waals surface area contributed by atoms with Gasteiger partial charge in [-0.25, -0.2) is 9.59 Å². The minimum absolute atomic E-state index is 0.322. The molecule has 0 aliphatic carbocycles. The molecule has 0 aromatic heterocycles. The predicted octanol–water partition coefficient (Wildman–Crippen LogP) is 0.718.